The van der Waals surface area contributed by atoms with Crippen LogP contribution in [-0.4, -0.2) is 42.0 Å². The van der Waals surface area contributed by atoms with E-state index in [4.69, 9.17) is 9.47 Å². The maximum atomic E-state index is 12.6. The highest BCUT2D eigenvalue weighted by Crippen LogP contribution is 2.30. The van der Waals surface area contributed by atoms with Crippen LogP contribution in [0, 0.1) is 18.3 Å². The monoisotopic (exact) mass is 526 g/mol. The van der Waals surface area contributed by atoms with E-state index in [9.17, 15) is 23.3 Å². The Bertz CT molecular complexity index is 1470. The molecular formula is C24H22N4O6S2. The van der Waals surface area contributed by atoms with E-state index in [1.54, 1.807) is 37.3 Å². The molecule has 12 heteroatoms. The molecule has 0 aliphatic heterocycles. The number of nitrogens with one attached hydrogen (secondary N) is 1. The maximum absolute atomic E-state index is 12.6. The smallest absolute Gasteiger partial charge is 0.343 e. The van der Waals surface area contributed by atoms with Crippen LogP contribution in [0.2, 0.25) is 0 Å². The van der Waals surface area contributed by atoms with Gasteiger partial charge in [-0.1, -0.05) is 30.7 Å². The average Bonchev–Trinajstić information content (AvgIpc) is 3.33. The Balaban J connectivity index is 1.81. The van der Waals surface area contributed by atoms with Gasteiger partial charge in [-0.3, -0.25) is 10.1 Å². The van der Waals surface area contributed by atoms with Crippen LogP contribution in [0.3, 0.4) is 0 Å². The molecule has 36 heavy (non-hydrogen) atoms. The molecule has 10 nitrogen and oxygen atoms in total. The number of amides is 1. The van der Waals surface area contributed by atoms with Crippen molar-refractivity contribution in [3.63, 3.8) is 0 Å². The number of hydrogen-bond acceptors (Lipinski definition) is 10. The first-order valence-electron chi connectivity index (χ1n) is 10.7. The Kier molecular flexibility index (Phi) is 8.52. The number of sulfone groups is 1. The van der Waals surface area contributed by atoms with Crippen LogP contribution < -0.4 is 14.8 Å². The van der Waals surface area contributed by atoms with Gasteiger partial charge in [0.05, 0.1) is 17.9 Å². The highest BCUT2D eigenvalue weighted by molar-refractivity contribution is 7.91. The Morgan fingerprint density at radius 3 is 2.61 bits per heavy atom. The molecule has 3 aromatic rings. The van der Waals surface area contributed by atoms with Crippen LogP contribution in [-0.2, 0) is 14.6 Å². The van der Waals surface area contributed by atoms with Crippen molar-refractivity contribution in [1.29, 1.82) is 5.26 Å². The summed E-state index contributed by atoms with van der Waals surface area (Å²) in [5.74, 6) is -1.09. The number of nitriles is 1. The first-order chi connectivity index (χ1) is 17.2. The fraction of sp³-hybridized carbons (Fsp3) is 0.208. The van der Waals surface area contributed by atoms with Crippen molar-refractivity contribution in [2.45, 2.75) is 25.9 Å². The third-order valence-corrected chi connectivity index (χ3v) is 6.93. The number of aryl methyl sites for hydroxylation is 1. The van der Waals surface area contributed by atoms with Gasteiger partial charge in [0, 0.05) is 11.5 Å². The van der Waals surface area contributed by atoms with E-state index in [0.717, 1.165) is 5.56 Å². The lowest BCUT2D eigenvalue weighted by atomic mass is 10.1. The summed E-state index contributed by atoms with van der Waals surface area (Å²) in [6, 6.07) is 13.4. The predicted molar refractivity (Wildman–Crippen MR) is 134 cm³/mol. The van der Waals surface area contributed by atoms with Crippen LogP contribution in [0.25, 0.3) is 6.08 Å². The number of carbonyl (C=O) groups excluding carboxylic acids is 2. The van der Waals surface area contributed by atoms with Crippen molar-refractivity contribution in [2.24, 2.45) is 0 Å². The number of hydrogen-bond donors (Lipinski definition) is 1. The molecule has 3 rings (SSSR count). The molecule has 0 atom stereocenters. The van der Waals surface area contributed by atoms with Crippen molar-refractivity contribution >= 4 is 44.5 Å². The van der Waals surface area contributed by atoms with Crippen LogP contribution in [0.15, 0.2) is 53.2 Å². The Morgan fingerprint density at radius 1 is 1.17 bits per heavy atom. The molecule has 1 amide bonds. The van der Waals surface area contributed by atoms with E-state index in [0.29, 0.717) is 22.7 Å². The minimum absolute atomic E-state index is 0.0541. The Morgan fingerprint density at radius 2 is 1.94 bits per heavy atom. The zero-order chi connectivity index (χ0) is 26.3. The van der Waals surface area contributed by atoms with E-state index in [1.165, 1.54) is 25.1 Å². The highest BCUT2D eigenvalue weighted by atomic mass is 32.2. The quantitative estimate of drug-likeness (QED) is 0.190. The summed E-state index contributed by atoms with van der Waals surface area (Å²) in [5.41, 5.74) is 1.47. The number of ether oxygens (including phenoxy) is 2. The first kappa shape index (κ1) is 26.5. The van der Waals surface area contributed by atoms with Gasteiger partial charge in [0.15, 0.2) is 11.5 Å². The lowest BCUT2D eigenvalue weighted by Gasteiger charge is -2.12. The van der Waals surface area contributed by atoms with Crippen LogP contribution >= 0.6 is 11.5 Å². The molecule has 0 radical (unpaired) electrons. The summed E-state index contributed by atoms with van der Waals surface area (Å²) in [7, 11) is -3.62. The van der Waals surface area contributed by atoms with Gasteiger partial charge in [0.2, 0.25) is 15.0 Å². The SMILES string of the molecule is CCOc1cc(/C=C(/C#N)C(=O)Nc2nc(S(=O)(=O)CC)ns2)ccc1OC(=O)c1cccc(C)c1. The number of benzene rings is 2. The molecule has 1 N–H and O–H groups in total. The molecule has 0 aliphatic rings. The molecule has 1 heterocycles. The summed E-state index contributed by atoms with van der Waals surface area (Å²) >= 11 is 0.693. The molecule has 0 bridgehead atoms. The van der Waals surface area contributed by atoms with Crippen LogP contribution in [0.1, 0.15) is 35.3 Å². The number of anilines is 1. The van der Waals surface area contributed by atoms with Crippen molar-refractivity contribution in [2.75, 3.05) is 17.7 Å². The molecule has 186 valence electrons. The molecule has 0 spiro atoms. The molecule has 0 saturated carbocycles. The largest absolute Gasteiger partial charge is 0.490 e. The van der Waals surface area contributed by atoms with Gasteiger partial charge < -0.3 is 9.47 Å². The third-order valence-electron chi connectivity index (χ3n) is 4.69. The van der Waals surface area contributed by atoms with Crippen molar-refractivity contribution < 1.29 is 27.5 Å². The molecular weight excluding hydrogens is 504 g/mol. The normalized spacial score (nSPS) is 11.4. The zero-order valence-corrected chi connectivity index (χ0v) is 21.3. The van der Waals surface area contributed by atoms with E-state index < -0.39 is 21.7 Å². The molecule has 0 fully saturated rings. The fourth-order valence-corrected chi connectivity index (χ4v) is 4.48. The van der Waals surface area contributed by atoms with Gasteiger partial charge in [-0.25, -0.2) is 13.2 Å². The van der Waals surface area contributed by atoms with Crippen molar-refractivity contribution in [1.82, 2.24) is 9.36 Å². The second kappa shape index (κ2) is 11.6. The minimum Gasteiger partial charge on any atom is -0.490 e. The van der Waals surface area contributed by atoms with Crippen LogP contribution in [0.5, 0.6) is 11.5 Å². The van der Waals surface area contributed by atoms with Crippen molar-refractivity contribution in [3.8, 4) is 17.6 Å². The summed E-state index contributed by atoms with van der Waals surface area (Å²) in [6.45, 7) is 5.37. The van der Waals surface area contributed by atoms with E-state index in [1.807, 2.05) is 13.0 Å². The number of rotatable bonds is 9. The van der Waals surface area contributed by atoms with Gasteiger partial charge >= 0.3 is 5.97 Å². The zero-order valence-electron chi connectivity index (χ0n) is 19.6. The lowest BCUT2D eigenvalue weighted by Crippen LogP contribution is -2.14. The summed E-state index contributed by atoms with van der Waals surface area (Å²) in [6.07, 6.45) is 1.31. The standard InChI is InChI=1S/C24H22N4O6S2/c1-4-33-20-13-16(9-10-19(20)34-22(30)17-8-6-7-15(3)11-17)12-18(14-25)21(29)26-23-27-24(28-35-23)36(31,32)5-2/h6-13H,4-5H2,1-3H3,(H,26,27,28,29)/b18-12-. The molecule has 0 aliphatic carbocycles. The number of aromatic nitrogens is 2. The van der Waals surface area contributed by atoms with Gasteiger partial charge in [-0.2, -0.15) is 14.6 Å². The van der Waals surface area contributed by atoms with E-state index in [2.05, 4.69) is 14.7 Å². The number of nitrogens with zero attached hydrogens (tertiary/aromatic N) is 3. The van der Waals surface area contributed by atoms with Crippen molar-refractivity contribution in [3.05, 3.63) is 64.7 Å². The second-order valence-corrected chi connectivity index (χ2v) is 10.2. The Labute approximate surface area is 212 Å². The predicted octanol–water partition coefficient (Wildman–Crippen LogP) is 3.80. The van der Waals surface area contributed by atoms with E-state index >= 15 is 0 Å². The summed E-state index contributed by atoms with van der Waals surface area (Å²) in [5, 5.41) is 11.4. The Hall–Kier alpha value is -4.08. The summed E-state index contributed by atoms with van der Waals surface area (Å²) in [4.78, 5) is 28.9. The first-order valence-corrected chi connectivity index (χ1v) is 13.1. The summed E-state index contributed by atoms with van der Waals surface area (Å²) < 4.78 is 38.6. The van der Waals surface area contributed by atoms with Crippen LogP contribution in [0.4, 0.5) is 5.13 Å². The molecule has 0 unspecified atom stereocenters. The molecule has 0 saturated heterocycles. The van der Waals surface area contributed by atoms with Gasteiger partial charge in [-0.15, -0.1) is 0 Å². The second-order valence-electron chi connectivity index (χ2n) is 7.31. The fourth-order valence-electron chi connectivity index (χ4n) is 2.89. The molecule has 2 aromatic carbocycles. The third kappa shape index (κ3) is 6.53. The number of esters is 1. The number of carbonyl (C=O) groups is 2. The van der Waals surface area contributed by atoms with Gasteiger partial charge in [0.1, 0.15) is 11.6 Å². The maximum Gasteiger partial charge on any atom is 0.343 e. The molecule has 1 aromatic heterocycles. The van der Waals surface area contributed by atoms with E-state index in [-0.39, 0.29) is 39.7 Å². The topological polar surface area (TPSA) is 148 Å². The van der Waals surface area contributed by atoms with Gasteiger partial charge in [0.25, 0.3) is 11.1 Å². The lowest BCUT2D eigenvalue weighted by molar-refractivity contribution is -0.112. The minimum atomic E-state index is -3.62. The highest BCUT2D eigenvalue weighted by Gasteiger charge is 2.20. The average molecular weight is 527 g/mol. The van der Waals surface area contributed by atoms with Gasteiger partial charge in [-0.05, 0) is 49.8 Å².